The Labute approximate surface area is 116 Å². The van der Waals surface area contributed by atoms with Crippen molar-refractivity contribution in [3.8, 4) is 0 Å². The SMILES string of the molecule is CCc1nn(C)c(C(=O)N(C)c2ccccc2F)c1N. The number of carbonyl (C=O) groups excluding carboxylic acids is 1. The summed E-state index contributed by atoms with van der Waals surface area (Å²) in [7, 11) is 3.16. The molecule has 20 heavy (non-hydrogen) atoms. The van der Waals surface area contributed by atoms with Gasteiger partial charge in [-0.15, -0.1) is 0 Å². The Morgan fingerprint density at radius 1 is 1.45 bits per heavy atom. The van der Waals surface area contributed by atoms with E-state index in [1.165, 1.54) is 22.7 Å². The van der Waals surface area contributed by atoms with E-state index in [1.54, 1.807) is 25.2 Å². The van der Waals surface area contributed by atoms with Gasteiger partial charge in [-0.1, -0.05) is 19.1 Å². The number of aryl methyl sites for hydroxylation is 2. The average molecular weight is 276 g/mol. The molecule has 1 aromatic heterocycles. The predicted molar refractivity (Wildman–Crippen MR) is 76.1 cm³/mol. The van der Waals surface area contributed by atoms with Crippen LogP contribution in [0.15, 0.2) is 24.3 Å². The van der Waals surface area contributed by atoms with Gasteiger partial charge in [-0.2, -0.15) is 5.10 Å². The van der Waals surface area contributed by atoms with E-state index in [4.69, 9.17) is 5.73 Å². The summed E-state index contributed by atoms with van der Waals surface area (Å²) in [6.45, 7) is 1.91. The van der Waals surface area contributed by atoms with Crippen LogP contribution in [0.4, 0.5) is 15.8 Å². The summed E-state index contributed by atoms with van der Waals surface area (Å²) in [6.07, 6.45) is 0.635. The highest BCUT2D eigenvalue weighted by Gasteiger charge is 2.24. The van der Waals surface area contributed by atoms with Crippen LogP contribution >= 0.6 is 0 Å². The van der Waals surface area contributed by atoms with Gasteiger partial charge in [0.1, 0.15) is 11.5 Å². The molecule has 2 aromatic rings. The van der Waals surface area contributed by atoms with Crippen molar-refractivity contribution < 1.29 is 9.18 Å². The van der Waals surface area contributed by atoms with Gasteiger partial charge in [0, 0.05) is 14.1 Å². The molecule has 2 N–H and O–H groups in total. The summed E-state index contributed by atoms with van der Waals surface area (Å²) in [5.74, 6) is -0.845. The lowest BCUT2D eigenvalue weighted by Gasteiger charge is -2.18. The zero-order valence-corrected chi connectivity index (χ0v) is 11.7. The normalized spacial score (nSPS) is 10.6. The maximum absolute atomic E-state index is 13.7. The highest BCUT2D eigenvalue weighted by atomic mass is 19.1. The van der Waals surface area contributed by atoms with E-state index in [0.717, 1.165) is 0 Å². The quantitative estimate of drug-likeness (QED) is 0.932. The van der Waals surface area contributed by atoms with Crippen molar-refractivity contribution in [3.63, 3.8) is 0 Å². The third kappa shape index (κ3) is 2.24. The van der Waals surface area contributed by atoms with Gasteiger partial charge in [-0.05, 0) is 18.6 Å². The minimum atomic E-state index is -0.459. The molecule has 0 aliphatic rings. The van der Waals surface area contributed by atoms with Crippen molar-refractivity contribution >= 4 is 17.3 Å². The molecule has 1 heterocycles. The van der Waals surface area contributed by atoms with Crippen LogP contribution in [-0.2, 0) is 13.5 Å². The molecule has 0 aliphatic carbocycles. The zero-order valence-electron chi connectivity index (χ0n) is 11.7. The molecule has 0 aliphatic heterocycles. The Morgan fingerprint density at radius 3 is 2.65 bits per heavy atom. The summed E-state index contributed by atoms with van der Waals surface area (Å²) < 4.78 is 15.2. The van der Waals surface area contributed by atoms with Crippen molar-refractivity contribution in [2.24, 2.45) is 7.05 Å². The number of hydrogen-bond acceptors (Lipinski definition) is 3. The van der Waals surface area contributed by atoms with Gasteiger partial charge >= 0.3 is 0 Å². The molecule has 0 bridgehead atoms. The Balaban J connectivity index is 2.42. The molecular formula is C14H17FN4O. The minimum absolute atomic E-state index is 0.205. The number of benzene rings is 1. The fourth-order valence-corrected chi connectivity index (χ4v) is 2.10. The maximum atomic E-state index is 13.7. The number of nitrogens with two attached hydrogens (primary N) is 1. The first kappa shape index (κ1) is 14.0. The van der Waals surface area contributed by atoms with E-state index >= 15 is 0 Å². The Morgan fingerprint density at radius 2 is 2.10 bits per heavy atom. The molecular weight excluding hydrogens is 259 g/mol. The third-order valence-corrected chi connectivity index (χ3v) is 3.22. The topological polar surface area (TPSA) is 64.2 Å². The summed E-state index contributed by atoms with van der Waals surface area (Å²) >= 11 is 0. The van der Waals surface area contributed by atoms with Crippen molar-refractivity contribution in [1.29, 1.82) is 0 Å². The number of para-hydroxylation sites is 1. The van der Waals surface area contributed by atoms with E-state index in [9.17, 15) is 9.18 Å². The van der Waals surface area contributed by atoms with Crippen LogP contribution in [0.3, 0.4) is 0 Å². The van der Waals surface area contributed by atoms with Crippen LogP contribution < -0.4 is 10.6 Å². The first-order valence-electron chi connectivity index (χ1n) is 6.31. The van der Waals surface area contributed by atoms with Gasteiger partial charge in [-0.25, -0.2) is 4.39 Å². The summed E-state index contributed by atoms with van der Waals surface area (Å²) in [6, 6.07) is 6.10. The maximum Gasteiger partial charge on any atom is 0.278 e. The molecule has 106 valence electrons. The van der Waals surface area contributed by atoms with Crippen LogP contribution in [0.25, 0.3) is 0 Å². The fraction of sp³-hybridized carbons (Fsp3) is 0.286. The first-order chi connectivity index (χ1) is 9.47. The van der Waals surface area contributed by atoms with Crippen molar-refractivity contribution in [1.82, 2.24) is 9.78 Å². The summed E-state index contributed by atoms with van der Waals surface area (Å²) in [5.41, 5.74) is 7.44. The number of hydrogen-bond donors (Lipinski definition) is 1. The van der Waals surface area contributed by atoms with E-state index in [2.05, 4.69) is 5.10 Å². The Hall–Kier alpha value is -2.37. The van der Waals surface area contributed by atoms with Crippen LogP contribution in [0, 0.1) is 5.82 Å². The number of rotatable bonds is 3. The lowest BCUT2D eigenvalue weighted by molar-refractivity contribution is 0.0984. The van der Waals surface area contributed by atoms with Gasteiger partial charge < -0.3 is 10.6 Å². The molecule has 0 radical (unpaired) electrons. The van der Waals surface area contributed by atoms with Crippen LogP contribution in [0.1, 0.15) is 23.1 Å². The fourth-order valence-electron chi connectivity index (χ4n) is 2.10. The molecule has 2 rings (SSSR count). The second-order valence-corrected chi connectivity index (χ2v) is 4.50. The molecule has 1 aromatic carbocycles. The van der Waals surface area contributed by atoms with E-state index < -0.39 is 5.82 Å². The predicted octanol–water partition coefficient (Wildman–Crippen LogP) is 1.98. The number of nitrogens with zero attached hydrogens (tertiary/aromatic N) is 3. The minimum Gasteiger partial charge on any atom is -0.395 e. The highest BCUT2D eigenvalue weighted by molar-refractivity contribution is 6.08. The molecule has 0 unspecified atom stereocenters. The summed E-state index contributed by atoms with van der Waals surface area (Å²) in [5, 5.41) is 4.20. The van der Waals surface area contributed by atoms with Gasteiger partial charge in [0.05, 0.1) is 17.1 Å². The van der Waals surface area contributed by atoms with Gasteiger partial charge in [0.15, 0.2) is 0 Å². The lowest BCUT2D eigenvalue weighted by Crippen LogP contribution is -2.29. The van der Waals surface area contributed by atoms with E-state index in [0.29, 0.717) is 17.8 Å². The standard InChI is InChI=1S/C14H17FN4O/c1-4-10-12(16)13(19(3)17-10)14(20)18(2)11-8-6-5-7-9(11)15/h5-8H,4,16H2,1-3H3. The van der Waals surface area contributed by atoms with Crippen molar-refractivity contribution in [3.05, 3.63) is 41.5 Å². The van der Waals surface area contributed by atoms with Crippen LogP contribution in [0.2, 0.25) is 0 Å². The third-order valence-electron chi connectivity index (χ3n) is 3.22. The highest BCUT2D eigenvalue weighted by Crippen LogP contribution is 2.23. The van der Waals surface area contributed by atoms with Crippen molar-refractivity contribution in [2.75, 3.05) is 17.7 Å². The lowest BCUT2D eigenvalue weighted by atomic mass is 10.2. The zero-order chi connectivity index (χ0) is 14.9. The molecule has 0 spiro atoms. The average Bonchev–Trinajstić information content (AvgIpc) is 2.72. The molecule has 0 fully saturated rings. The van der Waals surface area contributed by atoms with Gasteiger partial charge in [-0.3, -0.25) is 9.48 Å². The molecule has 0 atom stereocenters. The Kier molecular flexibility index (Phi) is 3.74. The second-order valence-electron chi connectivity index (χ2n) is 4.50. The Bertz CT molecular complexity index is 651. The molecule has 0 saturated carbocycles. The molecule has 6 heteroatoms. The second kappa shape index (κ2) is 5.32. The largest absolute Gasteiger partial charge is 0.395 e. The number of carbonyl (C=O) groups is 1. The smallest absolute Gasteiger partial charge is 0.278 e. The van der Waals surface area contributed by atoms with Crippen molar-refractivity contribution in [2.45, 2.75) is 13.3 Å². The number of aromatic nitrogens is 2. The van der Waals surface area contributed by atoms with Gasteiger partial charge in [0.25, 0.3) is 5.91 Å². The first-order valence-corrected chi connectivity index (χ1v) is 6.31. The van der Waals surface area contributed by atoms with Gasteiger partial charge in [0.2, 0.25) is 0 Å². The number of anilines is 2. The number of nitrogen functional groups attached to an aromatic ring is 1. The molecule has 0 saturated heterocycles. The van der Waals surface area contributed by atoms with E-state index in [1.807, 2.05) is 6.92 Å². The number of amides is 1. The van der Waals surface area contributed by atoms with Crippen LogP contribution in [-0.4, -0.2) is 22.7 Å². The monoisotopic (exact) mass is 276 g/mol. The molecule has 5 nitrogen and oxygen atoms in total. The summed E-state index contributed by atoms with van der Waals surface area (Å²) in [4.78, 5) is 13.7. The van der Waals surface area contributed by atoms with Crippen LogP contribution in [0.5, 0.6) is 0 Å². The van der Waals surface area contributed by atoms with E-state index in [-0.39, 0.29) is 17.3 Å². The number of halogens is 1. The molecule has 1 amide bonds.